The first kappa shape index (κ1) is 13.0. The summed E-state index contributed by atoms with van der Waals surface area (Å²) in [5, 5.41) is 0. The molecule has 0 bridgehead atoms. The first-order valence-electron chi connectivity index (χ1n) is 3.94. The van der Waals surface area contributed by atoms with E-state index in [-0.39, 0.29) is 12.4 Å². The SMILES string of the molecule is CC(C)C[B+]CC(C)C.[Cl-]. The zero-order valence-electron chi connectivity index (χ0n) is 7.52. The van der Waals surface area contributed by atoms with E-state index in [4.69, 9.17) is 0 Å². The standard InChI is InChI=1S/C8H18B.ClH/c1-7(2)5-9-6-8(3)4;/h7-8H,5-6H2,1-4H3;1H/q+1;/p-1. The molecule has 0 nitrogen and oxygen atoms in total. The molecule has 0 radical (unpaired) electrons. The third kappa shape index (κ3) is 11.2. The molecule has 0 atom stereocenters. The van der Waals surface area contributed by atoms with Crippen LogP contribution in [0.4, 0.5) is 0 Å². The Bertz CT molecular complexity index is 54.3. The summed E-state index contributed by atoms with van der Waals surface area (Å²) in [6.07, 6.45) is 2.55. The van der Waals surface area contributed by atoms with Crippen molar-refractivity contribution >= 4 is 7.28 Å². The van der Waals surface area contributed by atoms with Crippen molar-refractivity contribution < 1.29 is 12.4 Å². The Kier molecular flexibility index (Phi) is 9.69. The average Bonchev–Trinajstić information content (AvgIpc) is 1.63. The van der Waals surface area contributed by atoms with Gasteiger partial charge in [0.1, 0.15) is 0 Å². The molecule has 0 aromatic heterocycles. The van der Waals surface area contributed by atoms with E-state index in [1.54, 1.807) is 0 Å². The maximum absolute atomic E-state index is 2.40. The summed E-state index contributed by atoms with van der Waals surface area (Å²) in [5.74, 6) is 1.67. The predicted molar refractivity (Wildman–Crippen MR) is 45.0 cm³/mol. The first-order chi connectivity index (χ1) is 4.13. The fraction of sp³-hybridized carbons (Fsp3) is 1.00. The van der Waals surface area contributed by atoms with Gasteiger partial charge in [-0.1, -0.05) is 0 Å². The van der Waals surface area contributed by atoms with Gasteiger partial charge in [-0.15, -0.1) is 0 Å². The molecule has 0 saturated heterocycles. The van der Waals surface area contributed by atoms with E-state index in [2.05, 4.69) is 35.0 Å². The van der Waals surface area contributed by atoms with Gasteiger partial charge in [0.25, 0.3) is 0 Å². The van der Waals surface area contributed by atoms with E-state index in [9.17, 15) is 0 Å². The van der Waals surface area contributed by atoms with Gasteiger partial charge < -0.3 is 12.4 Å². The number of halogens is 1. The maximum Gasteiger partial charge on any atom is -1.00 e. The van der Waals surface area contributed by atoms with Gasteiger partial charge in [-0.05, 0) is 0 Å². The van der Waals surface area contributed by atoms with Gasteiger partial charge in [-0.3, -0.25) is 0 Å². The molecule has 2 heteroatoms. The normalized spacial score (nSPS) is 9.40. The summed E-state index contributed by atoms with van der Waals surface area (Å²) < 4.78 is 0. The minimum atomic E-state index is 0. The van der Waals surface area contributed by atoms with Crippen LogP contribution in [0, 0.1) is 11.8 Å². The second-order valence-corrected chi connectivity index (χ2v) is 3.55. The van der Waals surface area contributed by atoms with Crippen LogP contribution in [-0.2, 0) is 0 Å². The van der Waals surface area contributed by atoms with Gasteiger partial charge in [0.15, 0.2) is 0 Å². The molecule has 0 amide bonds. The molecule has 10 heavy (non-hydrogen) atoms. The molecule has 0 saturated carbocycles. The Morgan fingerprint density at radius 2 is 1.20 bits per heavy atom. The van der Waals surface area contributed by atoms with Crippen LogP contribution in [0.3, 0.4) is 0 Å². The predicted octanol–water partition coefficient (Wildman–Crippen LogP) is -0.157. The monoisotopic (exact) mass is 160 g/mol. The minimum Gasteiger partial charge on any atom is -1.00 e. The zero-order chi connectivity index (χ0) is 7.28. The molecule has 60 valence electrons. The molecule has 0 heterocycles. The number of rotatable bonds is 4. The number of hydrogen-bond donors (Lipinski definition) is 0. The summed E-state index contributed by atoms with van der Waals surface area (Å²) >= 11 is 0. The Hall–Kier alpha value is 0.355. The van der Waals surface area contributed by atoms with Crippen LogP contribution >= 0.6 is 0 Å². The third-order valence-corrected chi connectivity index (χ3v) is 1.28. The van der Waals surface area contributed by atoms with Crippen molar-refractivity contribution in [3.63, 3.8) is 0 Å². The first-order valence-corrected chi connectivity index (χ1v) is 3.94. The smallest absolute Gasteiger partial charge is 1.00 e. The van der Waals surface area contributed by atoms with Crippen molar-refractivity contribution in [3.05, 3.63) is 0 Å². The second-order valence-electron chi connectivity index (χ2n) is 3.55. The fourth-order valence-electron chi connectivity index (χ4n) is 0.763. The van der Waals surface area contributed by atoms with Gasteiger partial charge in [0.05, 0.1) is 0 Å². The quantitative estimate of drug-likeness (QED) is 0.502. The Morgan fingerprint density at radius 3 is 1.40 bits per heavy atom. The Balaban J connectivity index is 0. The van der Waals surface area contributed by atoms with E-state index in [1.807, 2.05) is 0 Å². The summed E-state index contributed by atoms with van der Waals surface area (Å²) in [7, 11) is 2.40. The summed E-state index contributed by atoms with van der Waals surface area (Å²) in [6, 6.07) is 0. The van der Waals surface area contributed by atoms with Gasteiger partial charge in [0.2, 0.25) is 0 Å². The van der Waals surface area contributed by atoms with Gasteiger partial charge >= 0.3 is 59.5 Å². The zero-order valence-corrected chi connectivity index (χ0v) is 8.28. The largest absolute Gasteiger partial charge is 1.00 e. The molecular formula is C8H18BCl. The van der Waals surface area contributed by atoms with Crippen LogP contribution in [0.2, 0.25) is 12.6 Å². The molecule has 0 spiro atoms. The van der Waals surface area contributed by atoms with Crippen molar-refractivity contribution in [1.82, 2.24) is 0 Å². The molecule has 0 aliphatic rings. The molecule has 0 aromatic carbocycles. The maximum atomic E-state index is 2.40. The van der Waals surface area contributed by atoms with Crippen molar-refractivity contribution in [3.8, 4) is 0 Å². The van der Waals surface area contributed by atoms with Gasteiger partial charge in [0, 0.05) is 0 Å². The van der Waals surface area contributed by atoms with Gasteiger partial charge in [-0.2, -0.15) is 0 Å². The van der Waals surface area contributed by atoms with Crippen molar-refractivity contribution in [2.24, 2.45) is 11.8 Å². The van der Waals surface area contributed by atoms with Crippen LogP contribution in [-0.4, -0.2) is 7.28 Å². The fourth-order valence-corrected chi connectivity index (χ4v) is 0.763. The topological polar surface area (TPSA) is 0 Å². The third-order valence-electron chi connectivity index (χ3n) is 1.28. The molecule has 0 aliphatic heterocycles. The van der Waals surface area contributed by atoms with E-state index < -0.39 is 0 Å². The Morgan fingerprint density at radius 1 is 0.900 bits per heavy atom. The average molecular weight is 160 g/mol. The minimum absolute atomic E-state index is 0. The van der Waals surface area contributed by atoms with Crippen LogP contribution in [0.5, 0.6) is 0 Å². The summed E-state index contributed by atoms with van der Waals surface area (Å²) in [6.45, 7) is 9.04. The molecular weight excluding hydrogens is 142 g/mol. The van der Waals surface area contributed by atoms with E-state index >= 15 is 0 Å². The van der Waals surface area contributed by atoms with Crippen molar-refractivity contribution in [2.45, 2.75) is 40.3 Å². The summed E-state index contributed by atoms with van der Waals surface area (Å²) in [4.78, 5) is 0. The molecule has 0 aromatic rings. The summed E-state index contributed by atoms with van der Waals surface area (Å²) in [5.41, 5.74) is 0. The molecule has 0 fully saturated rings. The van der Waals surface area contributed by atoms with E-state index in [1.165, 1.54) is 12.6 Å². The molecule has 0 aliphatic carbocycles. The van der Waals surface area contributed by atoms with E-state index in [0.717, 1.165) is 11.8 Å². The second kappa shape index (κ2) is 7.46. The van der Waals surface area contributed by atoms with Gasteiger partial charge in [-0.25, -0.2) is 0 Å². The van der Waals surface area contributed by atoms with Crippen molar-refractivity contribution in [2.75, 3.05) is 0 Å². The van der Waals surface area contributed by atoms with Crippen LogP contribution in [0.15, 0.2) is 0 Å². The van der Waals surface area contributed by atoms with E-state index in [0.29, 0.717) is 0 Å². The molecule has 0 unspecified atom stereocenters. The van der Waals surface area contributed by atoms with Crippen LogP contribution in [0.1, 0.15) is 27.7 Å². The van der Waals surface area contributed by atoms with Crippen LogP contribution < -0.4 is 12.4 Å². The molecule has 0 N–H and O–H groups in total. The Labute approximate surface area is 72.4 Å². The number of hydrogen-bond acceptors (Lipinski definition) is 0. The van der Waals surface area contributed by atoms with Crippen molar-refractivity contribution in [1.29, 1.82) is 0 Å². The van der Waals surface area contributed by atoms with Crippen LogP contribution in [0.25, 0.3) is 0 Å². The molecule has 0 rings (SSSR count).